The van der Waals surface area contributed by atoms with Crippen LogP contribution in [0.4, 0.5) is 0 Å². The molecule has 1 aromatic rings. The first-order chi connectivity index (χ1) is 11.2. The molecule has 2 atom stereocenters. The van der Waals surface area contributed by atoms with Crippen LogP contribution < -0.4 is 15.6 Å². The van der Waals surface area contributed by atoms with Gasteiger partial charge < -0.3 is 9.64 Å². The molecule has 0 bridgehead atoms. The van der Waals surface area contributed by atoms with Gasteiger partial charge in [0.05, 0.1) is 7.11 Å². The summed E-state index contributed by atoms with van der Waals surface area (Å²) in [5, 5.41) is 0. The minimum absolute atomic E-state index is 0.0922. The largest absolute Gasteiger partial charge is 0.497 e. The van der Waals surface area contributed by atoms with Crippen molar-refractivity contribution in [2.24, 2.45) is 0 Å². The van der Waals surface area contributed by atoms with Gasteiger partial charge >= 0.3 is 0 Å². The van der Waals surface area contributed by atoms with Gasteiger partial charge in [0.25, 0.3) is 0 Å². The van der Waals surface area contributed by atoms with Crippen molar-refractivity contribution in [3.63, 3.8) is 0 Å². The normalized spacial score (nSPS) is 23.7. The van der Waals surface area contributed by atoms with E-state index < -0.39 is 0 Å². The zero-order chi connectivity index (χ0) is 16.2. The van der Waals surface area contributed by atoms with Crippen molar-refractivity contribution >= 4 is 5.91 Å². The van der Waals surface area contributed by atoms with Crippen molar-refractivity contribution < 1.29 is 9.53 Å². The number of hydrogen-bond donors (Lipinski definition) is 2. The Hall–Kier alpha value is -1.59. The zero-order valence-electron chi connectivity index (χ0n) is 14.0. The highest BCUT2D eigenvalue weighted by Gasteiger charge is 2.38. The van der Waals surface area contributed by atoms with Gasteiger partial charge in [-0.25, -0.2) is 5.43 Å². The number of nitrogens with zero attached hydrogens (tertiary/aromatic N) is 1. The van der Waals surface area contributed by atoms with Crippen LogP contribution in [-0.2, 0) is 11.3 Å². The van der Waals surface area contributed by atoms with Crippen molar-refractivity contribution in [2.45, 2.75) is 63.7 Å². The van der Waals surface area contributed by atoms with E-state index >= 15 is 0 Å². The molecule has 2 N–H and O–H groups in total. The molecule has 0 radical (unpaired) electrons. The summed E-state index contributed by atoms with van der Waals surface area (Å²) < 4.78 is 5.20. The van der Waals surface area contributed by atoms with E-state index in [0.717, 1.165) is 43.4 Å². The summed E-state index contributed by atoms with van der Waals surface area (Å²) in [7, 11) is 1.67. The molecular weight excluding hydrogens is 290 g/mol. The molecule has 1 heterocycles. The third-order valence-electron chi connectivity index (χ3n) is 4.70. The van der Waals surface area contributed by atoms with Gasteiger partial charge in [-0.1, -0.05) is 25.5 Å². The molecule has 0 spiro atoms. The van der Waals surface area contributed by atoms with Crippen LogP contribution in [0.15, 0.2) is 24.3 Å². The second kappa shape index (κ2) is 7.32. The number of carbonyl (C=O) groups excluding carboxylic acids is 1. The second-order valence-electron chi connectivity index (χ2n) is 6.61. The van der Waals surface area contributed by atoms with Crippen LogP contribution >= 0.6 is 0 Å². The topological polar surface area (TPSA) is 53.6 Å². The molecule has 1 aliphatic carbocycles. The van der Waals surface area contributed by atoms with E-state index in [-0.39, 0.29) is 11.9 Å². The standard InChI is InChI=1S/C18H27N3O2/c1-3-4-14-11-17(20-19-14)18(22)21(15-7-8-15)12-13-5-9-16(23-2)10-6-13/h5-6,9-10,14-15,17,19-20H,3-4,7-8,11-12H2,1-2H3. The Morgan fingerprint density at radius 2 is 2.00 bits per heavy atom. The number of hydrogen-bond acceptors (Lipinski definition) is 4. The Balaban J connectivity index is 1.63. The number of nitrogens with one attached hydrogen (secondary N) is 2. The van der Waals surface area contributed by atoms with Crippen LogP contribution in [0.2, 0.25) is 0 Å². The van der Waals surface area contributed by atoms with Crippen molar-refractivity contribution in [1.29, 1.82) is 0 Å². The number of amides is 1. The van der Waals surface area contributed by atoms with Crippen LogP contribution in [0.3, 0.4) is 0 Å². The smallest absolute Gasteiger partial charge is 0.241 e. The van der Waals surface area contributed by atoms with E-state index in [1.165, 1.54) is 0 Å². The van der Waals surface area contributed by atoms with Crippen molar-refractivity contribution in [2.75, 3.05) is 7.11 Å². The number of carbonyl (C=O) groups is 1. The number of ether oxygens (including phenoxy) is 1. The summed E-state index contributed by atoms with van der Waals surface area (Å²) in [5.74, 6) is 1.08. The van der Waals surface area contributed by atoms with E-state index in [2.05, 4.69) is 22.7 Å². The molecule has 23 heavy (non-hydrogen) atoms. The lowest BCUT2D eigenvalue weighted by Crippen LogP contribution is -2.46. The fourth-order valence-electron chi connectivity index (χ4n) is 3.22. The second-order valence-corrected chi connectivity index (χ2v) is 6.61. The van der Waals surface area contributed by atoms with Gasteiger partial charge in [0.2, 0.25) is 5.91 Å². The van der Waals surface area contributed by atoms with Crippen LogP contribution in [0, 0.1) is 0 Å². The molecule has 126 valence electrons. The number of benzene rings is 1. The van der Waals surface area contributed by atoms with Gasteiger partial charge in [0.1, 0.15) is 11.8 Å². The Morgan fingerprint density at radius 1 is 1.26 bits per heavy atom. The lowest BCUT2D eigenvalue weighted by atomic mass is 10.0. The Labute approximate surface area is 138 Å². The van der Waals surface area contributed by atoms with E-state index in [1.807, 2.05) is 24.3 Å². The zero-order valence-corrected chi connectivity index (χ0v) is 14.0. The lowest BCUT2D eigenvalue weighted by Gasteiger charge is -2.25. The maximum absolute atomic E-state index is 12.9. The van der Waals surface area contributed by atoms with Gasteiger partial charge in [-0.2, -0.15) is 0 Å². The molecule has 2 unspecified atom stereocenters. The van der Waals surface area contributed by atoms with Crippen molar-refractivity contribution in [3.05, 3.63) is 29.8 Å². The fourth-order valence-corrected chi connectivity index (χ4v) is 3.22. The maximum Gasteiger partial charge on any atom is 0.241 e. The summed E-state index contributed by atoms with van der Waals surface area (Å²) >= 11 is 0. The predicted molar refractivity (Wildman–Crippen MR) is 89.9 cm³/mol. The van der Waals surface area contributed by atoms with Crippen LogP contribution in [0.5, 0.6) is 5.75 Å². The minimum atomic E-state index is -0.0922. The molecule has 1 saturated carbocycles. The molecule has 1 saturated heterocycles. The molecule has 1 amide bonds. The first-order valence-corrected chi connectivity index (χ1v) is 8.65. The highest BCUT2D eigenvalue weighted by Crippen LogP contribution is 2.30. The third-order valence-corrected chi connectivity index (χ3v) is 4.70. The number of rotatable bonds is 7. The minimum Gasteiger partial charge on any atom is -0.497 e. The van der Waals surface area contributed by atoms with Crippen molar-refractivity contribution in [1.82, 2.24) is 15.8 Å². The summed E-state index contributed by atoms with van der Waals surface area (Å²) in [5.41, 5.74) is 7.62. The molecule has 5 heteroatoms. The lowest BCUT2D eigenvalue weighted by molar-refractivity contribution is -0.134. The fraction of sp³-hybridized carbons (Fsp3) is 0.611. The molecule has 2 aliphatic rings. The highest BCUT2D eigenvalue weighted by atomic mass is 16.5. The van der Waals surface area contributed by atoms with Gasteiger partial charge in [0.15, 0.2) is 0 Å². The monoisotopic (exact) mass is 317 g/mol. The Bertz CT molecular complexity index is 528. The Morgan fingerprint density at radius 3 is 2.61 bits per heavy atom. The molecule has 5 nitrogen and oxygen atoms in total. The van der Waals surface area contributed by atoms with Gasteiger partial charge in [0, 0.05) is 18.6 Å². The average molecular weight is 317 g/mol. The summed E-state index contributed by atoms with van der Waals surface area (Å²) in [6.45, 7) is 2.86. The molecule has 3 rings (SSSR count). The average Bonchev–Trinajstić information content (AvgIpc) is 3.31. The molecule has 1 aliphatic heterocycles. The van der Waals surface area contributed by atoms with Crippen LogP contribution in [0.25, 0.3) is 0 Å². The Kier molecular flexibility index (Phi) is 5.18. The molecule has 1 aromatic carbocycles. The van der Waals surface area contributed by atoms with Gasteiger partial charge in [-0.15, -0.1) is 0 Å². The number of hydrazine groups is 1. The van der Waals surface area contributed by atoms with E-state index in [9.17, 15) is 4.79 Å². The summed E-state index contributed by atoms with van der Waals surface area (Å²) in [4.78, 5) is 15.0. The predicted octanol–water partition coefficient (Wildman–Crippen LogP) is 2.22. The first-order valence-electron chi connectivity index (χ1n) is 8.65. The van der Waals surface area contributed by atoms with Crippen LogP contribution in [0.1, 0.15) is 44.6 Å². The van der Waals surface area contributed by atoms with Crippen LogP contribution in [-0.4, -0.2) is 36.0 Å². The van der Waals surface area contributed by atoms with E-state index in [0.29, 0.717) is 18.6 Å². The summed E-state index contributed by atoms with van der Waals surface area (Å²) in [6.07, 6.45) is 5.39. The maximum atomic E-state index is 12.9. The molecule has 0 aromatic heterocycles. The molecular formula is C18H27N3O2. The number of methoxy groups -OCH3 is 1. The van der Waals surface area contributed by atoms with E-state index in [1.54, 1.807) is 7.11 Å². The summed E-state index contributed by atoms with van der Waals surface area (Å²) in [6, 6.07) is 8.73. The molecule has 2 fully saturated rings. The van der Waals surface area contributed by atoms with E-state index in [4.69, 9.17) is 4.74 Å². The first kappa shape index (κ1) is 16.3. The quantitative estimate of drug-likeness (QED) is 0.810. The SMILES string of the molecule is CCCC1CC(C(=O)N(Cc2ccc(OC)cc2)C2CC2)NN1. The highest BCUT2D eigenvalue weighted by molar-refractivity contribution is 5.82. The van der Waals surface area contributed by atoms with Crippen molar-refractivity contribution in [3.8, 4) is 5.75 Å². The van der Waals surface area contributed by atoms with Gasteiger partial charge in [-0.3, -0.25) is 10.2 Å². The van der Waals surface area contributed by atoms with Gasteiger partial charge in [-0.05, 0) is 43.4 Å². The third kappa shape index (κ3) is 4.03.